The van der Waals surface area contributed by atoms with Gasteiger partial charge in [0.15, 0.2) is 11.5 Å². The van der Waals surface area contributed by atoms with Crippen molar-refractivity contribution in [1.29, 1.82) is 0 Å². The Morgan fingerprint density at radius 1 is 1.17 bits per heavy atom. The normalized spacial score (nSPS) is 19.0. The number of anilines is 1. The topological polar surface area (TPSA) is 105 Å². The third-order valence-corrected chi connectivity index (χ3v) is 5.86. The lowest BCUT2D eigenvalue weighted by atomic mass is 10.0. The predicted octanol–water partition coefficient (Wildman–Crippen LogP) is 4.20. The first-order valence-electron chi connectivity index (χ1n) is 10.5. The average molecular weight is 403 g/mol. The number of benzene rings is 1. The highest BCUT2D eigenvalue weighted by atomic mass is 16.5. The second kappa shape index (κ2) is 7.85. The van der Waals surface area contributed by atoms with Gasteiger partial charge < -0.3 is 9.84 Å². The third-order valence-electron chi connectivity index (χ3n) is 5.86. The maximum Gasteiger partial charge on any atom is 0.229 e. The van der Waals surface area contributed by atoms with Gasteiger partial charge in [-0.1, -0.05) is 43.3 Å². The number of aromatic amines is 1. The Kier molecular flexibility index (Phi) is 4.90. The van der Waals surface area contributed by atoms with Crippen LogP contribution in [0.3, 0.4) is 0 Å². The van der Waals surface area contributed by atoms with E-state index in [0.29, 0.717) is 18.4 Å². The molecule has 5 rings (SSSR count). The van der Waals surface area contributed by atoms with E-state index in [-0.39, 0.29) is 5.92 Å². The van der Waals surface area contributed by atoms with Crippen LogP contribution < -0.4 is 5.32 Å². The number of H-pyrrole nitrogens is 1. The zero-order chi connectivity index (χ0) is 20.5. The molecule has 8 nitrogen and oxygen atoms in total. The number of hydrogen-bond acceptors (Lipinski definition) is 7. The predicted molar refractivity (Wildman–Crippen MR) is 113 cm³/mol. The number of nitrogens with one attached hydrogen (secondary N) is 2. The number of hydrogen-bond donors (Lipinski definition) is 2. The molecule has 2 N–H and O–H groups in total. The molecule has 1 aliphatic carbocycles. The molecule has 1 aliphatic rings. The van der Waals surface area contributed by atoms with Crippen molar-refractivity contribution in [2.75, 3.05) is 5.32 Å². The van der Waals surface area contributed by atoms with Crippen molar-refractivity contribution in [2.24, 2.45) is 0 Å². The van der Waals surface area contributed by atoms with Crippen molar-refractivity contribution in [2.45, 2.75) is 57.4 Å². The van der Waals surface area contributed by atoms with Gasteiger partial charge in [-0.05, 0) is 36.3 Å². The fourth-order valence-corrected chi connectivity index (χ4v) is 4.12. The van der Waals surface area contributed by atoms with Gasteiger partial charge in [0.25, 0.3) is 0 Å². The Morgan fingerprint density at radius 2 is 2.03 bits per heavy atom. The average Bonchev–Trinajstić information content (AvgIpc) is 3.49. The van der Waals surface area contributed by atoms with E-state index in [0.717, 1.165) is 47.8 Å². The van der Waals surface area contributed by atoms with Gasteiger partial charge in [-0.3, -0.25) is 5.10 Å². The van der Waals surface area contributed by atoms with E-state index >= 15 is 0 Å². The van der Waals surface area contributed by atoms with E-state index in [9.17, 15) is 0 Å². The highest BCUT2D eigenvalue weighted by Gasteiger charge is 2.30. The van der Waals surface area contributed by atoms with Crippen LogP contribution in [0.2, 0.25) is 0 Å². The van der Waals surface area contributed by atoms with Crippen LogP contribution in [-0.2, 0) is 6.42 Å². The van der Waals surface area contributed by atoms with Gasteiger partial charge in [-0.2, -0.15) is 10.1 Å². The lowest BCUT2D eigenvalue weighted by Gasteiger charge is -2.13. The molecule has 0 bridgehead atoms. The van der Waals surface area contributed by atoms with Crippen LogP contribution in [0, 0.1) is 0 Å². The summed E-state index contributed by atoms with van der Waals surface area (Å²) >= 11 is 0. The zero-order valence-electron chi connectivity index (χ0n) is 17.2. The van der Waals surface area contributed by atoms with Gasteiger partial charge in [0, 0.05) is 18.4 Å². The van der Waals surface area contributed by atoms with Crippen molar-refractivity contribution in [3.8, 4) is 0 Å². The zero-order valence-corrected chi connectivity index (χ0v) is 17.2. The summed E-state index contributed by atoms with van der Waals surface area (Å²) in [6.07, 6.45) is 6.98. The molecule has 0 radical (unpaired) electrons. The molecule has 1 aromatic carbocycles. The molecule has 30 heavy (non-hydrogen) atoms. The highest BCUT2D eigenvalue weighted by Crippen LogP contribution is 2.35. The summed E-state index contributed by atoms with van der Waals surface area (Å²) in [5.41, 5.74) is 3.28. The first-order chi connectivity index (χ1) is 14.7. The first-order valence-corrected chi connectivity index (χ1v) is 10.5. The second-order valence-electron chi connectivity index (χ2n) is 8.33. The molecule has 3 aromatic heterocycles. The van der Waals surface area contributed by atoms with Gasteiger partial charge >= 0.3 is 0 Å². The standard InChI is InChI=1S/C22H25N7O/c1-13(2)15-5-3-14(4-6-15)9-19-27-22(30-29-19)16-7-8-17(10-16)26-20-18-11-25-28-21(18)24-12-23-20/h3-6,11-13,16-17H,7-10H2,1-2H3,(H2,23,24,25,26,28)/t16-,17-/m0/s1. The van der Waals surface area contributed by atoms with Crippen LogP contribution in [0.15, 0.2) is 41.3 Å². The quantitative estimate of drug-likeness (QED) is 0.497. The smallest absolute Gasteiger partial charge is 0.229 e. The van der Waals surface area contributed by atoms with Crippen LogP contribution in [0.4, 0.5) is 5.82 Å². The number of rotatable bonds is 6. The fourth-order valence-electron chi connectivity index (χ4n) is 4.12. The van der Waals surface area contributed by atoms with Crippen LogP contribution in [0.1, 0.15) is 67.8 Å². The number of aromatic nitrogens is 6. The minimum absolute atomic E-state index is 0.272. The SMILES string of the molecule is CC(C)c1ccc(Cc2noc([C@H]3CC[C@H](Nc4ncnc5[nH]ncc45)C3)n2)cc1. The summed E-state index contributed by atoms with van der Waals surface area (Å²) in [5, 5.41) is 15.6. The lowest BCUT2D eigenvalue weighted by molar-refractivity contribution is 0.350. The molecule has 1 saturated carbocycles. The second-order valence-corrected chi connectivity index (χ2v) is 8.33. The number of nitrogens with zero attached hydrogens (tertiary/aromatic N) is 5. The molecule has 8 heteroatoms. The minimum atomic E-state index is 0.272. The summed E-state index contributed by atoms with van der Waals surface area (Å²) in [5.74, 6) is 3.11. The largest absolute Gasteiger partial charge is 0.367 e. The van der Waals surface area contributed by atoms with E-state index < -0.39 is 0 Å². The molecule has 154 valence electrons. The van der Waals surface area contributed by atoms with Crippen LogP contribution >= 0.6 is 0 Å². The van der Waals surface area contributed by atoms with Crippen molar-refractivity contribution in [3.05, 3.63) is 59.6 Å². The van der Waals surface area contributed by atoms with Gasteiger partial charge in [-0.25, -0.2) is 9.97 Å². The van der Waals surface area contributed by atoms with Crippen molar-refractivity contribution in [3.63, 3.8) is 0 Å². The van der Waals surface area contributed by atoms with Crippen molar-refractivity contribution >= 4 is 16.9 Å². The Hall–Kier alpha value is -3.29. The van der Waals surface area contributed by atoms with Crippen LogP contribution in [-0.4, -0.2) is 36.3 Å². The van der Waals surface area contributed by atoms with Crippen molar-refractivity contribution in [1.82, 2.24) is 30.3 Å². The molecule has 1 fully saturated rings. The van der Waals surface area contributed by atoms with Gasteiger partial charge in [0.1, 0.15) is 12.1 Å². The minimum Gasteiger partial charge on any atom is -0.367 e. The highest BCUT2D eigenvalue weighted by molar-refractivity contribution is 5.85. The summed E-state index contributed by atoms with van der Waals surface area (Å²) in [6, 6.07) is 8.97. The molecular weight excluding hydrogens is 378 g/mol. The third kappa shape index (κ3) is 3.77. The van der Waals surface area contributed by atoms with Crippen LogP contribution in [0.25, 0.3) is 11.0 Å². The summed E-state index contributed by atoms with van der Waals surface area (Å²) in [4.78, 5) is 13.2. The monoisotopic (exact) mass is 403 g/mol. The Labute approximate surface area is 174 Å². The lowest BCUT2D eigenvalue weighted by Crippen LogP contribution is -2.16. The molecule has 0 unspecified atom stereocenters. The van der Waals surface area contributed by atoms with Gasteiger partial charge in [0.2, 0.25) is 5.89 Å². The van der Waals surface area contributed by atoms with E-state index in [1.807, 2.05) is 0 Å². The maximum atomic E-state index is 5.61. The van der Waals surface area contributed by atoms with E-state index in [1.54, 1.807) is 12.5 Å². The molecule has 0 saturated heterocycles. The maximum absolute atomic E-state index is 5.61. The molecule has 4 aromatic rings. The Morgan fingerprint density at radius 3 is 2.87 bits per heavy atom. The van der Waals surface area contributed by atoms with E-state index in [2.05, 4.69) is 73.7 Å². The number of fused-ring (bicyclic) bond motifs is 1. The van der Waals surface area contributed by atoms with Gasteiger partial charge in [0.05, 0.1) is 11.6 Å². The van der Waals surface area contributed by atoms with E-state index in [4.69, 9.17) is 4.52 Å². The molecule has 0 aliphatic heterocycles. The summed E-state index contributed by atoms with van der Waals surface area (Å²) in [6.45, 7) is 4.40. The fraction of sp³-hybridized carbons (Fsp3) is 0.409. The molecular formula is C22H25N7O. The van der Waals surface area contributed by atoms with E-state index in [1.165, 1.54) is 11.1 Å². The van der Waals surface area contributed by atoms with Gasteiger partial charge in [-0.15, -0.1) is 0 Å². The summed E-state index contributed by atoms with van der Waals surface area (Å²) < 4.78 is 5.61. The first kappa shape index (κ1) is 18.7. The Balaban J connectivity index is 1.22. The molecule has 2 atom stereocenters. The van der Waals surface area contributed by atoms with Crippen molar-refractivity contribution < 1.29 is 4.52 Å². The molecule has 3 heterocycles. The Bertz CT molecular complexity index is 1130. The molecule has 0 spiro atoms. The molecule has 0 amide bonds. The van der Waals surface area contributed by atoms with Crippen LogP contribution in [0.5, 0.6) is 0 Å². The summed E-state index contributed by atoms with van der Waals surface area (Å²) in [7, 11) is 0.